The maximum Gasteiger partial charge on any atom is 0.246 e. The Morgan fingerprint density at radius 1 is 1.27 bits per heavy atom. The minimum Gasteiger partial charge on any atom is -0.337 e. The summed E-state index contributed by atoms with van der Waals surface area (Å²) in [4.78, 5) is 23.1. The average molecular weight is 357 g/mol. The molecule has 2 aromatic rings. The minimum atomic E-state index is 0.0739. The molecule has 7 nitrogen and oxygen atoms in total. The van der Waals surface area contributed by atoms with Crippen molar-refractivity contribution in [1.82, 2.24) is 24.8 Å². The molecular weight excluding hydrogens is 330 g/mol. The number of aromatic nitrogens is 2. The van der Waals surface area contributed by atoms with Gasteiger partial charge in [0.05, 0.1) is 13.1 Å². The molecule has 3 rings (SSSR count). The van der Waals surface area contributed by atoms with Crippen LogP contribution in [0.2, 0.25) is 0 Å². The summed E-state index contributed by atoms with van der Waals surface area (Å²) < 4.78 is 5.33. The normalized spacial score (nSPS) is 16.4. The van der Waals surface area contributed by atoms with Gasteiger partial charge in [0.2, 0.25) is 17.6 Å². The number of benzene rings is 1. The third-order valence-electron chi connectivity index (χ3n) is 4.71. The van der Waals surface area contributed by atoms with Gasteiger partial charge in [-0.3, -0.25) is 9.69 Å². The van der Waals surface area contributed by atoms with E-state index in [0.717, 1.165) is 43.7 Å². The monoisotopic (exact) mass is 357 g/mol. The lowest BCUT2D eigenvalue weighted by Crippen LogP contribution is -2.39. The van der Waals surface area contributed by atoms with E-state index < -0.39 is 0 Å². The van der Waals surface area contributed by atoms with Crippen LogP contribution in [0.25, 0.3) is 11.4 Å². The first-order chi connectivity index (χ1) is 12.5. The molecule has 140 valence electrons. The summed E-state index contributed by atoms with van der Waals surface area (Å²) in [5.74, 6) is 1.08. The lowest BCUT2D eigenvalue weighted by atomic mass is 10.1. The molecule has 1 aliphatic rings. The highest BCUT2D eigenvalue weighted by atomic mass is 16.5. The second-order valence-electron chi connectivity index (χ2n) is 7.06. The number of likely N-dealkylation sites (N-methyl/N-ethyl adjacent to an activating group) is 2. The zero-order valence-electron chi connectivity index (χ0n) is 15.8. The zero-order valence-corrected chi connectivity index (χ0v) is 15.8. The van der Waals surface area contributed by atoms with Crippen molar-refractivity contribution in [3.8, 4) is 11.4 Å². The van der Waals surface area contributed by atoms with Crippen molar-refractivity contribution in [3.63, 3.8) is 0 Å². The maximum absolute atomic E-state index is 12.5. The summed E-state index contributed by atoms with van der Waals surface area (Å²) in [6, 6.07) is 7.96. The number of hydrogen-bond acceptors (Lipinski definition) is 6. The van der Waals surface area contributed by atoms with Gasteiger partial charge >= 0.3 is 0 Å². The molecule has 0 aliphatic carbocycles. The van der Waals surface area contributed by atoms with Crippen molar-refractivity contribution in [2.75, 3.05) is 46.8 Å². The molecule has 0 bridgehead atoms. The van der Waals surface area contributed by atoms with E-state index in [0.29, 0.717) is 24.8 Å². The van der Waals surface area contributed by atoms with Crippen LogP contribution in [-0.2, 0) is 11.3 Å². The molecule has 1 aromatic carbocycles. The molecule has 1 amide bonds. The number of aryl methyl sites for hydroxylation is 1. The summed E-state index contributed by atoms with van der Waals surface area (Å²) in [5.41, 5.74) is 2.06. The Hall–Kier alpha value is -2.25. The first-order valence-electron chi connectivity index (χ1n) is 9.06. The molecule has 0 atom stereocenters. The van der Waals surface area contributed by atoms with Crippen molar-refractivity contribution in [2.45, 2.75) is 19.9 Å². The Bertz CT molecular complexity index is 745. The van der Waals surface area contributed by atoms with Crippen molar-refractivity contribution in [3.05, 3.63) is 35.7 Å². The van der Waals surface area contributed by atoms with Gasteiger partial charge in [-0.2, -0.15) is 4.98 Å². The maximum atomic E-state index is 12.5. The van der Waals surface area contributed by atoms with Gasteiger partial charge in [-0.15, -0.1) is 0 Å². The number of nitrogens with zero attached hydrogens (tertiary/aromatic N) is 5. The van der Waals surface area contributed by atoms with Crippen LogP contribution in [0.3, 0.4) is 0 Å². The molecule has 0 N–H and O–H groups in total. The van der Waals surface area contributed by atoms with E-state index >= 15 is 0 Å². The highest BCUT2D eigenvalue weighted by molar-refractivity contribution is 5.77. The molecule has 1 aliphatic heterocycles. The molecule has 0 unspecified atom stereocenters. The van der Waals surface area contributed by atoms with E-state index in [1.807, 2.05) is 31.2 Å². The predicted molar refractivity (Wildman–Crippen MR) is 99.5 cm³/mol. The fourth-order valence-corrected chi connectivity index (χ4v) is 3.08. The van der Waals surface area contributed by atoms with Crippen LogP contribution in [0.5, 0.6) is 0 Å². The average Bonchev–Trinajstić information content (AvgIpc) is 2.98. The molecule has 0 radical (unpaired) electrons. The predicted octanol–water partition coefficient (Wildman–Crippen LogP) is 1.64. The van der Waals surface area contributed by atoms with Crippen molar-refractivity contribution < 1.29 is 9.32 Å². The topological polar surface area (TPSA) is 65.7 Å². The van der Waals surface area contributed by atoms with E-state index in [9.17, 15) is 4.79 Å². The number of rotatable bonds is 5. The zero-order chi connectivity index (χ0) is 18.5. The Morgan fingerprint density at radius 3 is 2.92 bits per heavy atom. The number of carbonyl (C=O) groups excluding carboxylic acids is 1. The third-order valence-corrected chi connectivity index (χ3v) is 4.71. The standard InChI is InChI=1S/C19H27N5O2/c1-15-6-4-7-16(12-15)19-20-17(26-21-19)13-23(3)18(25)14-24-9-5-8-22(2)10-11-24/h4,6-7,12H,5,8-11,13-14H2,1-3H3. The summed E-state index contributed by atoms with van der Waals surface area (Å²) in [6.07, 6.45) is 1.09. The summed E-state index contributed by atoms with van der Waals surface area (Å²) in [6.45, 7) is 6.76. The van der Waals surface area contributed by atoms with Crippen molar-refractivity contribution in [2.24, 2.45) is 0 Å². The second-order valence-corrected chi connectivity index (χ2v) is 7.06. The highest BCUT2D eigenvalue weighted by Crippen LogP contribution is 2.17. The largest absolute Gasteiger partial charge is 0.337 e. The minimum absolute atomic E-state index is 0.0739. The first kappa shape index (κ1) is 18.5. The number of carbonyl (C=O) groups is 1. The van der Waals surface area contributed by atoms with E-state index in [1.54, 1.807) is 11.9 Å². The van der Waals surface area contributed by atoms with Gasteiger partial charge in [-0.05, 0) is 39.5 Å². The SMILES string of the molecule is Cc1cccc(-c2noc(CN(C)C(=O)CN3CCCN(C)CC3)n2)c1. The molecule has 2 heterocycles. The van der Waals surface area contributed by atoms with Crippen molar-refractivity contribution >= 4 is 5.91 Å². The smallest absolute Gasteiger partial charge is 0.246 e. The van der Waals surface area contributed by atoms with Crippen LogP contribution in [0, 0.1) is 6.92 Å². The molecule has 0 spiro atoms. The van der Waals surface area contributed by atoms with Crippen LogP contribution in [-0.4, -0.2) is 77.6 Å². The van der Waals surface area contributed by atoms with Crippen LogP contribution in [0.4, 0.5) is 0 Å². The fraction of sp³-hybridized carbons (Fsp3) is 0.526. The van der Waals surface area contributed by atoms with E-state index in [2.05, 4.69) is 27.0 Å². The van der Waals surface area contributed by atoms with Gasteiger partial charge in [0.15, 0.2) is 0 Å². The summed E-state index contributed by atoms with van der Waals surface area (Å²) in [5, 5.41) is 4.04. The second kappa shape index (κ2) is 8.42. The first-order valence-corrected chi connectivity index (χ1v) is 9.06. The Labute approximate surface area is 154 Å². The van der Waals surface area contributed by atoms with Gasteiger partial charge in [-0.25, -0.2) is 0 Å². The summed E-state index contributed by atoms with van der Waals surface area (Å²) >= 11 is 0. The van der Waals surface area contributed by atoms with Crippen LogP contribution in [0.15, 0.2) is 28.8 Å². The van der Waals surface area contributed by atoms with E-state index in [-0.39, 0.29) is 5.91 Å². The fourth-order valence-electron chi connectivity index (χ4n) is 3.08. The van der Waals surface area contributed by atoms with E-state index in [1.165, 1.54) is 0 Å². The Morgan fingerprint density at radius 2 is 2.12 bits per heavy atom. The third kappa shape index (κ3) is 4.89. The number of amides is 1. The van der Waals surface area contributed by atoms with Gasteiger partial charge in [0.1, 0.15) is 0 Å². The summed E-state index contributed by atoms with van der Waals surface area (Å²) in [7, 11) is 3.90. The van der Waals surface area contributed by atoms with Gasteiger partial charge < -0.3 is 14.3 Å². The Balaban J connectivity index is 1.56. The molecule has 1 saturated heterocycles. The van der Waals surface area contributed by atoms with Gasteiger partial charge in [0, 0.05) is 25.7 Å². The van der Waals surface area contributed by atoms with Crippen molar-refractivity contribution in [1.29, 1.82) is 0 Å². The highest BCUT2D eigenvalue weighted by Gasteiger charge is 2.19. The molecular formula is C19H27N5O2. The van der Waals surface area contributed by atoms with Crippen LogP contribution < -0.4 is 0 Å². The molecule has 7 heteroatoms. The molecule has 1 fully saturated rings. The van der Waals surface area contributed by atoms with Crippen LogP contribution >= 0.6 is 0 Å². The molecule has 26 heavy (non-hydrogen) atoms. The lowest BCUT2D eigenvalue weighted by Gasteiger charge is -2.22. The molecule has 0 saturated carbocycles. The van der Waals surface area contributed by atoms with Crippen LogP contribution in [0.1, 0.15) is 17.9 Å². The van der Waals surface area contributed by atoms with Gasteiger partial charge in [-0.1, -0.05) is 28.9 Å². The quantitative estimate of drug-likeness (QED) is 0.811. The van der Waals surface area contributed by atoms with Gasteiger partial charge in [0.25, 0.3) is 0 Å². The Kier molecular flexibility index (Phi) is 6.00. The lowest BCUT2D eigenvalue weighted by molar-refractivity contribution is -0.131. The van der Waals surface area contributed by atoms with E-state index in [4.69, 9.17) is 4.52 Å². The molecule has 1 aromatic heterocycles. The number of hydrogen-bond donors (Lipinski definition) is 0.